The molecule has 2 aliphatic rings. The molecule has 0 N–H and O–H groups in total. The number of alkyl halides is 3. The molecule has 4 rings (SSSR count). The summed E-state index contributed by atoms with van der Waals surface area (Å²) < 4.78 is 54.9. The number of methoxy groups -OCH3 is 1. The predicted octanol–water partition coefficient (Wildman–Crippen LogP) is 4.91. The molecule has 43 heavy (non-hydrogen) atoms. The van der Waals surface area contributed by atoms with Crippen LogP contribution >= 0.6 is 0 Å². The van der Waals surface area contributed by atoms with Gasteiger partial charge in [0, 0.05) is 45.4 Å². The van der Waals surface area contributed by atoms with Gasteiger partial charge in [0.1, 0.15) is 5.75 Å². The van der Waals surface area contributed by atoms with Gasteiger partial charge in [0.15, 0.2) is 0 Å². The molecular formula is C32H43F3N4O4. The Kier molecular flexibility index (Phi) is 10.1. The first-order valence-electron chi connectivity index (χ1n) is 14.7. The Morgan fingerprint density at radius 1 is 1.21 bits per heavy atom. The van der Waals surface area contributed by atoms with Crippen LogP contribution in [0.25, 0.3) is 0 Å². The number of nitrogens with zero attached hydrogens (tertiary/aromatic N) is 4. The third-order valence-electron chi connectivity index (χ3n) is 8.16. The second kappa shape index (κ2) is 13.2. The summed E-state index contributed by atoms with van der Waals surface area (Å²) in [6, 6.07) is 11.3. The highest BCUT2D eigenvalue weighted by Gasteiger charge is 2.47. The van der Waals surface area contributed by atoms with Crippen molar-refractivity contribution < 1.29 is 32.2 Å². The fourth-order valence-electron chi connectivity index (χ4n) is 6.11. The van der Waals surface area contributed by atoms with Gasteiger partial charge in [0.2, 0.25) is 5.60 Å². The van der Waals surface area contributed by atoms with Crippen LogP contribution in [0.15, 0.2) is 42.5 Å². The van der Waals surface area contributed by atoms with Crippen LogP contribution in [0.3, 0.4) is 0 Å². The molecule has 2 aromatic rings. The number of carbonyl (C=O) groups excluding carboxylic acids is 2. The predicted molar refractivity (Wildman–Crippen MR) is 159 cm³/mol. The lowest BCUT2D eigenvalue weighted by atomic mass is 9.96. The number of benzene rings is 2. The summed E-state index contributed by atoms with van der Waals surface area (Å²) in [5.74, 6) is -1.26. The molecule has 2 atom stereocenters. The molecule has 2 amide bonds. The van der Waals surface area contributed by atoms with Gasteiger partial charge in [-0.05, 0) is 71.9 Å². The number of fused-ring (bicyclic) bond motifs is 1. The maximum absolute atomic E-state index is 14.6. The Labute approximate surface area is 252 Å². The normalized spacial score (nSPS) is 21.2. The summed E-state index contributed by atoms with van der Waals surface area (Å²) in [6.45, 7) is 7.67. The monoisotopic (exact) mass is 604 g/mol. The number of ether oxygens (including phenoxy) is 2. The number of amides is 2. The molecular weight excluding hydrogens is 561 g/mol. The van der Waals surface area contributed by atoms with Crippen molar-refractivity contribution in [2.75, 3.05) is 58.9 Å². The molecule has 1 fully saturated rings. The lowest BCUT2D eigenvalue weighted by Crippen LogP contribution is -2.58. The first-order valence-corrected chi connectivity index (χ1v) is 14.7. The SMILES string of the molecule is COCC1(C)Oc2cc(C(F)(F)F)c(C(=O)N(C(C)C)[C@@H]3CCCN(C)C3)cc2N(CCN(C)Cc2ccccc2)C1=O. The highest BCUT2D eigenvalue weighted by atomic mass is 19.4. The Bertz CT molecular complexity index is 1290. The standard InChI is InChI=1S/C32H43F3N4O4/c1-22(2)39(24-13-10-14-36(4)20-24)29(40)25-17-27-28(18-26(25)32(33,34)35)43-31(3,21-42-6)30(41)38(27)16-15-37(5)19-23-11-8-7-9-12-23/h7-9,11-12,17-18,22,24H,10,13-16,19-21H2,1-6H3/t24-,31?/m1/s1. The smallest absolute Gasteiger partial charge is 0.417 e. The van der Waals surface area contributed by atoms with E-state index in [2.05, 4.69) is 4.90 Å². The fourth-order valence-corrected chi connectivity index (χ4v) is 6.11. The van der Waals surface area contributed by atoms with Crippen LogP contribution in [0.4, 0.5) is 18.9 Å². The number of carbonyl (C=O) groups is 2. The highest BCUT2D eigenvalue weighted by molar-refractivity contribution is 6.05. The van der Waals surface area contributed by atoms with Crippen LogP contribution < -0.4 is 9.64 Å². The average Bonchev–Trinajstić information content (AvgIpc) is 2.93. The first-order chi connectivity index (χ1) is 20.2. The third-order valence-corrected chi connectivity index (χ3v) is 8.16. The van der Waals surface area contributed by atoms with Gasteiger partial charge in [0.25, 0.3) is 11.8 Å². The molecule has 2 aliphatic heterocycles. The molecule has 2 heterocycles. The maximum atomic E-state index is 14.6. The van der Waals surface area contributed by atoms with Crippen LogP contribution in [0.5, 0.6) is 5.75 Å². The lowest BCUT2D eigenvalue weighted by Gasteiger charge is -2.42. The van der Waals surface area contributed by atoms with Gasteiger partial charge >= 0.3 is 6.18 Å². The molecule has 0 spiro atoms. The summed E-state index contributed by atoms with van der Waals surface area (Å²) in [7, 11) is 5.26. The van der Waals surface area contributed by atoms with E-state index < -0.39 is 34.7 Å². The quantitative estimate of drug-likeness (QED) is 0.384. The zero-order valence-corrected chi connectivity index (χ0v) is 25.9. The van der Waals surface area contributed by atoms with E-state index in [4.69, 9.17) is 9.47 Å². The van der Waals surface area contributed by atoms with Crippen molar-refractivity contribution in [2.45, 2.75) is 64.0 Å². The van der Waals surface area contributed by atoms with Gasteiger partial charge in [-0.1, -0.05) is 30.3 Å². The minimum atomic E-state index is -4.82. The average molecular weight is 605 g/mol. The molecule has 1 saturated heterocycles. The van der Waals surface area contributed by atoms with E-state index in [1.807, 2.05) is 63.2 Å². The number of piperidine rings is 1. The third kappa shape index (κ3) is 7.33. The second-order valence-corrected chi connectivity index (χ2v) is 12.2. The van der Waals surface area contributed by atoms with Crippen molar-refractivity contribution in [1.29, 1.82) is 0 Å². The van der Waals surface area contributed by atoms with Crippen LogP contribution in [-0.2, 0) is 22.3 Å². The van der Waals surface area contributed by atoms with Crippen molar-refractivity contribution in [3.05, 3.63) is 59.2 Å². The largest absolute Gasteiger partial charge is 0.473 e. The number of anilines is 1. The fraction of sp³-hybridized carbons (Fsp3) is 0.562. The molecule has 0 saturated carbocycles. The van der Waals surface area contributed by atoms with E-state index in [0.29, 0.717) is 26.1 Å². The van der Waals surface area contributed by atoms with Gasteiger partial charge in [0.05, 0.1) is 23.4 Å². The number of rotatable bonds is 10. The zero-order chi connectivity index (χ0) is 31.5. The molecule has 236 valence electrons. The van der Waals surface area contributed by atoms with E-state index in [0.717, 1.165) is 24.6 Å². The number of likely N-dealkylation sites (tertiary alicyclic amines) is 1. The van der Waals surface area contributed by atoms with Crippen molar-refractivity contribution in [1.82, 2.24) is 14.7 Å². The molecule has 0 aromatic heterocycles. The second-order valence-electron chi connectivity index (χ2n) is 12.2. The van der Waals surface area contributed by atoms with Gasteiger partial charge in [-0.3, -0.25) is 9.59 Å². The van der Waals surface area contributed by atoms with Gasteiger partial charge in [-0.15, -0.1) is 0 Å². The van der Waals surface area contributed by atoms with Crippen LogP contribution in [-0.4, -0.2) is 98.2 Å². The van der Waals surface area contributed by atoms with E-state index >= 15 is 0 Å². The van der Waals surface area contributed by atoms with Crippen molar-refractivity contribution in [3.63, 3.8) is 0 Å². The van der Waals surface area contributed by atoms with E-state index in [-0.39, 0.29) is 36.7 Å². The van der Waals surface area contributed by atoms with Crippen LogP contribution in [0.1, 0.15) is 55.1 Å². The van der Waals surface area contributed by atoms with Crippen LogP contribution in [0, 0.1) is 0 Å². The molecule has 1 unspecified atom stereocenters. The summed E-state index contributed by atoms with van der Waals surface area (Å²) in [5, 5.41) is 0. The van der Waals surface area contributed by atoms with E-state index in [1.165, 1.54) is 25.0 Å². The topological polar surface area (TPSA) is 65.6 Å². The Morgan fingerprint density at radius 2 is 1.91 bits per heavy atom. The highest BCUT2D eigenvalue weighted by Crippen LogP contribution is 2.44. The van der Waals surface area contributed by atoms with Crippen molar-refractivity contribution in [3.8, 4) is 5.75 Å². The number of hydrogen-bond acceptors (Lipinski definition) is 6. The first kappa shape index (κ1) is 32.8. The van der Waals surface area contributed by atoms with Gasteiger partial charge in [-0.25, -0.2) is 0 Å². The zero-order valence-electron chi connectivity index (χ0n) is 25.9. The minimum Gasteiger partial charge on any atom is -0.473 e. The maximum Gasteiger partial charge on any atom is 0.417 e. The van der Waals surface area contributed by atoms with Crippen LogP contribution in [0.2, 0.25) is 0 Å². The molecule has 0 aliphatic carbocycles. The molecule has 11 heteroatoms. The van der Waals surface area contributed by atoms with Gasteiger partial charge < -0.3 is 29.1 Å². The molecule has 2 aromatic carbocycles. The van der Waals surface area contributed by atoms with Crippen molar-refractivity contribution >= 4 is 17.5 Å². The van der Waals surface area contributed by atoms with E-state index in [1.54, 1.807) is 4.90 Å². The summed E-state index contributed by atoms with van der Waals surface area (Å²) >= 11 is 0. The molecule has 0 radical (unpaired) electrons. The Morgan fingerprint density at radius 3 is 2.51 bits per heavy atom. The number of likely N-dealkylation sites (N-methyl/N-ethyl adjacent to an activating group) is 2. The summed E-state index contributed by atoms with van der Waals surface area (Å²) in [5.41, 5.74) is -1.87. The van der Waals surface area contributed by atoms with Crippen molar-refractivity contribution in [2.24, 2.45) is 0 Å². The van der Waals surface area contributed by atoms with Gasteiger partial charge in [-0.2, -0.15) is 13.2 Å². The summed E-state index contributed by atoms with van der Waals surface area (Å²) in [4.78, 5) is 35.0. The Hall–Kier alpha value is -3.15. The van der Waals surface area contributed by atoms with E-state index in [9.17, 15) is 22.8 Å². The molecule has 0 bridgehead atoms. The minimum absolute atomic E-state index is 0.109. The summed E-state index contributed by atoms with van der Waals surface area (Å²) in [6.07, 6.45) is -3.27. The number of hydrogen-bond donors (Lipinski definition) is 0. The number of halogens is 3. The Balaban J connectivity index is 1.75. The molecule has 8 nitrogen and oxygen atoms in total. The lowest BCUT2D eigenvalue weighted by molar-refractivity contribution is -0.140.